The molecule has 13 heteroatoms. The molecule has 0 spiro atoms. The minimum absolute atomic E-state index is 0.0270. The molecule has 2 N–H and O–H groups in total. The van der Waals surface area contributed by atoms with Crippen molar-refractivity contribution in [3.63, 3.8) is 0 Å². The number of alkyl halides is 3. The van der Waals surface area contributed by atoms with Crippen LogP contribution in [0, 0.1) is 10.1 Å². The molecular formula is C20H21F3N4O5S. The van der Waals surface area contributed by atoms with E-state index < -0.39 is 38.3 Å². The highest BCUT2D eigenvalue weighted by Crippen LogP contribution is 2.34. The van der Waals surface area contributed by atoms with Crippen LogP contribution in [0.4, 0.5) is 24.5 Å². The molecule has 1 atom stereocenters. The standard InChI is InChI=1S/C20H21F3N4O5S/c1-13-4-2-3-11-26(13)33(31,32)16-8-5-14(6-9-16)19(28)25-24-17-10-7-15(20(21,22)23)12-18(17)27(29)30/h5-10,12-13,24H,2-4,11H2,1H3,(H,25,28). The monoisotopic (exact) mass is 486 g/mol. The Kier molecular flexibility index (Phi) is 6.93. The number of nitro groups is 1. The smallest absolute Gasteiger partial charge is 0.292 e. The van der Waals surface area contributed by atoms with Crippen molar-refractivity contribution in [3.05, 3.63) is 63.7 Å². The molecule has 1 aliphatic heterocycles. The topological polar surface area (TPSA) is 122 Å². The second-order valence-corrected chi connectivity index (χ2v) is 9.44. The van der Waals surface area contributed by atoms with Crippen LogP contribution in [0.1, 0.15) is 42.1 Å². The molecule has 0 saturated carbocycles. The van der Waals surface area contributed by atoms with Gasteiger partial charge in [-0.25, -0.2) is 8.42 Å². The summed E-state index contributed by atoms with van der Waals surface area (Å²) < 4.78 is 65.5. The molecule has 3 rings (SSSR count). The highest BCUT2D eigenvalue weighted by Gasteiger charge is 2.33. The van der Waals surface area contributed by atoms with Crippen molar-refractivity contribution in [1.29, 1.82) is 0 Å². The minimum atomic E-state index is -4.76. The Labute approximate surface area is 187 Å². The molecular weight excluding hydrogens is 465 g/mol. The van der Waals surface area contributed by atoms with Crippen molar-refractivity contribution in [1.82, 2.24) is 9.73 Å². The molecule has 0 radical (unpaired) electrons. The molecule has 1 unspecified atom stereocenters. The van der Waals surface area contributed by atoms with E-state index in [-0.39, 0.29) is 22.2 Å². The molecule has 1 saturated heterocycles. The number of amides is 1. The van der Waals surface area contributed by atoms with Crippen molar-refractivity contribution < 1.29 is 31.3 Å². The number of benzene rings is 2. The molecule has 1 amide bonds. The van der Waals surface area contributed by atoms with Crippen molar-refractivity contribution in [2.75, 3.05) is 12.0 Å². The summed E-state index contributed by atoms with van der Waals surface area (Å²) in [5, 5.41) is 11.1. The zero-order valence-electron chi connectivity index (χ0n) is 17.4. The molecule has 178 valence electrons. The van der Waals surface area contributed by atoms with Crippen LogP contribution in [0.2, 0.25) is 0 Å². The number of anilines is 1. The quantitative estimate of drug-likeness (QED) is 0.471. The van der Waals surface area contributed by atoms with Gasteiger partial charge in [0.05, 0.1) is 15.4 Å². The molecule has 9 nitrogen and oxygen atoms in total. The maximum atomic E-state index is 12.9. The first kappa shape index (κ1) is 24.5. The number of nitrogens with one attached hydrogen (secondary N) is 2. The van der Waals surface area contributed by atoms with Crippen molar-refractivity contribution >= 4 is 27.3 Å². The number of carbonyl (C=O) groups excluding carboxylic acids is 1. The fraction of sp³-hybridized carbons (Fsp3) is 0.350. The summed E-state index contributed by atoms with van der Waals surface area (Å²) in [6, 6.07) is 6.82. The third-order valence-electron chi connectivity index (χ3n) is 5.30. The summed E-state index contributed by atoms with van der Waals surface area (Å²) in [7, 11) is -3.72. The molecule has 1 fully saturated rings. The van der Waals surface area contributed by atoms with Crippen molar-refractivity contribution in [3.8, 4) is 0 Å². The number of nitrogens with zero attached hydrogens (tertiary/aromatic N) is 2. The van der Waals surface area contributed by atoms with Gasteiger partial charge in [-0.1, -0.05) is 6.42 Å². The summed E-state index contributed by atoms with van der Waals surface area (Å²) in [6.07, 6.45) is -2.27. The van der Waals surface area contributed by atoms with Gasteiger partial charge in [0.15, 0.2) is 0 Å². The van der Waals surface area contributed by atoms with E-state index in [1.54, 1.807) is 0 Å². The minimum Gasteiger partial charge on any atom is -0.292 e. The van der Waals surface area contributed by atoms with Gasteiger partial charge in [0, 0.05) is 24.2 Å². The molecule has 33 heavy (non-hydrogen) atoms. The van der Waals surface area contributed by atoms with Crippen LogP contribution in [-0.4, -0.2) is 36.1 Å². The lowest BCUT2D eigenvalue weighted by atomic mass is 10.1. The normalized spacial score (nSPS) is 17.4. The number of hydrogen-bond donors (Lipinski definition) is 2. The molecule has 0 aromatic heterocycles. The van der Waals surface area contributed by atoms with Gasteiger partial charge in [0.25, 0.3) is 11.6 Å². The summed E-state index contributed by atoms with van der Waals surface area (Å²) in [5.74, 6) is -0.764. The number of piperidine rings is 1. The van der Waals surface area contributed by atoms with Gasteiger partial charge < -0.3 is 0 Å². The predicted molar refractivity (Wildman–Crippen MR) is 113 cm³/mol. The van der Waals surface area contributed by atoms with Gasteiger partial charge in [0.1, 0.15) is 5.69 Å². The lowest BCUT2D eigenvalue weighted by molar-refractivity contribution is -0.384. The Hall–Kier alpha value is -3.19. The number of hydrazine groups is 1. The van der Waals surface area contributed by atoms with E-state index in [0.717, 1.165) is 25.3 Å². The average molecular weight is 486 g/mol. The first-order valence-corrected chi connectivity index (χ1v) is 11.4. The second kappa shape index (κ2) is 9.35. The molecule has 1 aliphatic rings. The predicted octanol–water partition coefficient (Wildman–Crippen LogP) is 3.93. The Morgan fingerprint density at radius 3 is 2.39 bits per heavy atom. The van der Waals surface area contributed by atoms with Gasteiger partial charge in [-0.3, -0.25) is 25.8 Å². The fourth-order valence-electron chi connectivity index (χ4n) is 3.50. The van der Waals surface area contributed by atoms with Crippen LogP contribution in [0.25, 0.3) is 0 Å². The zero-order valence-corrected chi connectivity index (χ0v) is 18.2. The number of halogens is 3. The van der Waals surface area contributed by atoms with Crippen LogP contribution < -0.4 is 10.9 Å². The Morgan fingerprint density at radius 2 is 1.82 bits per heavy atom. The highest BCUT2D eigenvalue weighted by atomic mass is 32.2. The molecule has 0 aliphatic carbocycles. The van der Waals surface area contributed by atoms with Gasteiger partial charge >= 0.3 is 6.18 Å². The Balaban J connectivity index is 1.72. The number of carbonyl (C=O) groups is 1. The molecule has 2 aromatic rings. The van der Waals surface area contributed by atoms with Crippen molar-refractivity contribution in [2.24, 2.45) is 0 Å². The Morgan fingerprint density at radius 1 is 1.15 bits per heavy atom. The maximum absolute atomic E-state index is 12.9. The summed E-state index contributed by atoms with van der Waals surface area (Å²) in [5.41, 5.74) is 2.02. The summed E-state index contributed by atoms with van der Waals surface area (Å²) in [6.45, 7) is 2.26. The lowest BCUT2D eigenvalue weighted by Crippen LogP contribution is -2.41. The first-order valence-electron chi connectivity index (χ1n) is 9.95. The van der Waals surface area contributed by atoms with Crippen LogP contribution >= 0.6 is 0 Å². The van der Waals surface area contributed by atoms with Crippen LogP contribution in [0.3, 0.4) is 0 Å². The maximum Gasteiger partial charge on any atom is 0.416 e. The second-order valence-electron chi connectivity index (χ2n) is 7.55. The van der Waals surface area contributed by atoms with Gasteiger partial charge in [-0.15, -0.1) is 0 Å². The van der Waals surface area contributed by atoms with E-state index in [1.807, 2.05) is 6.92 Å². The molecule has 2 aromatic carbocycles. The third-order valence-corrected chi connectivity index (χ3v) is 7.33. The van der Waals surface area contributed by atoms with Gasteiger partial charge in [-0.2, -0.15) is 17.5 Å². The number of nitro benzene ring substituents is 1. The molecule has 1 heterocycles. The van der Waals surface area contributed by atoms with Crippen LogP contribution in [-0.2, 0) is 16.2 Å². The van der Waals surface area contributed by atoms with Gasteiger partial charge in [-0.05, 0) is 56.2 Å². The summed E-state index contributed by atoms with van der Waals surface area (Å²) in [4.78, 5) is 22.5. The number of sulfonamides is 1. The van der Waals surface area contributed by atoms with E-state index >= 15 is 0 Å². The first-order chi connectivity index (χ1) is 15.4. The van der Waals surface area contributed by atoms with Crippen LogP contribution in [0.5, 0.6) is 0 Å². The van der Waals surface area contributed by atoms with E-state index in [1.165, 1.54) is 28.6 Å². The fourth-order valence-corrected chi connectivity index (χ4v) is 5.20. The SMILES string of the molecule is CC1CCCCN1S(=O)(=O)c1ccc(C(=O)NNc2ccc(C(F)(F)F)cc2[N+](=O)[O-])cc1. The zero-order chi connectivity index (χ0) is 24.4. The molecule has 0 bridgehead atoms. The lowest BCUT2D eigenvalue weighted by Gasteiger charge is -2.32. The average Bonchev–Trinajstić information content (AvgIpc) is 2.76. The largest absolute Gasteiger partial charge is 0.416 e. The van der Waals surface area contributed by atoms with Crippen LogP contribution in [0.15, 0.2) is 47.4 Å². The number of hydrogen-bond acceptors (Lipinski definition) is 6. The van der Waals surface area contributed by atoms with Gasteiger partial charge in [0.2, 0.25) is 10.0 Å². The van der Waals surface area contributed by atoms with E-state index in [4.69, 9.17) is 0 Å². The Bertz CT molecular complexity index is 1150. The van der Waals surface area contributed by atoms with Crippen molar-refractivity contribution in [2.45, 2.75) is 43.3 Å². The van der Waals surface area contributed by atoms with E-state index in [9.17, 15) is 36.5 Å². The van der Waals surface area contributed by atoms with E-state index in [0.29, 0.717) is 18.7 Å². The highest BCUT2D eigenvalue weighted by molar-refractivity contribution is 7.89. The van der Waals surface area contributed by atoms with E-state index in [2.05, 4.69) is 10.9 Å². The third kappa shape index (κ3) is 5.42. The number of rotatable bonds is 6. The summed E-state index contributed by atoms with van der Waals surface area (Å²) >= 11 is 0.